The van der Waals surface area contributed by atoms with E-state index in [4.69, 9.17) is 14.6 Å². The molecule has 3 N–H and O–H groups in total. The molecule has 0 fully saturated rings. The predicted octanol–water partition coefficient (Wildman–Crippen LogP) is 1.19. The first-order chi connectivity index (χ1) is 9.53. The first-order valence-electron chi connectivity index (χ1n) is 6.39. The van der Waals surface area contributed by atoms with Crippen LogP contribution in [0.1, 0.15) is 25.0 Å². The second-order valence-corrected chi connectivity index (χ2v) is 4.33. The van der Waals surface area contributed by atoms with Crippen LogP contribution in [0.25, 0.3) is 0 Å². The van der Waals surface area contributed by atoms with Gasteiger partial charge < -0.3 is 25.0 Å². The van der Waals surface area contributed by atoms with Crippen molar-refractivity contribution in [2.45, 2.75) is 25.5 Å². The van der Waals surface area contributed by atoms with Crippen molar-refractivity contribution in [3.05, 3.63) is 23.8 Å². The van der Waals surface area contributed by atoms with Gasteiger partial charge in [-0.25, -0.2) is 0 Å². The molecule has 20 heavy (non-hydrogen) atoms. The number of hydrogen-bond donors (Lipinski definition) is 3. The lowest BCUT2D eigenvalue weighted by Crippen LogP contribution is -2.38. The maximum Gasteiger partial charge on any atom is 0.320 e. The van der Waals surface area contributed by atoms with Gasteiger partial charge in [-0.2, -0.15) is 0 Å². The van der Waals surface area contributed by atoms with E-state index < -0.39 is 18.1 Å². The van der Waals surface area contributed by atoms with Gasteiger partial charge in [-0.15, -0.1) is 0 Å². The largest absolute Gasteiger partial charge is 0.497 e. The number of aliphatic hydroxyl groups is 1. The highest BCUT2D eigenvalue weighted by atomic mass is 16.5. The number of carboxylic acid groups (broad SMARTS) is 1. The molecule has 0 aliphatic heterocycles. The van der Waals surface area contributed by atoms with Crippen LogP contribution in [0.2, 0.25) is 0 Å². The zero-order valence-corrected chi connectivity index (χ0v) is 11.9. The summed E-state index contributed by atoms with van der Waals surface area (Å²) in [5, 5.41) is 21.9. The lowest BCUT2D eigenvalue weighted by molar-refractivity contribution is -0.139. The van der Waals surface area contributed by atoms with Crippen LogP contribution in [0.3, 0.4) is 0 Å². The smallest absolute Gasteiger partial charge is 0.320 e. The topological polar surface area (TPSA) is 88.0 Å². The summed E-state index contributed by atoms with van der Waals surface area (Å²) in [6, 6.07) is 4.43. The quantitative estimate of drug-likeness (QED) is 0.664. The summed E-state index contributed by atoms with van der Waals surface area (Å²) in [4.78, 5) is 10.9. The van der Waals surface area contributed by atoms with Crippen molar-refractivity contribution in [2.24, 2.45) is 0 Å². The third kappa shape index (κ3) is 4.11. The molecule has 1 rings (SSSR count). The summed E-state index contributed by atoms with van der Waals surface area (Å²) in [7, 11) is 3.05. The van der Waals surface area contributed by atoms with Crippen LogP contribution < -0.4 is 14.8 Å². The number of hydrogen-bond acceptors (Lipinski definition) is 5. The first kappa shape index (κ1) is 16.3. The zero-order valence-electron chi connectivity index (χ0n) is 11.9. The number of methoxy groups -OCH3 is 2. The summed E-state index contributed by atoms with van der Waals surface area (Å²) in [6.07, 6.45) is -0.439. The Morgan fingerprint density at radius 3 is 2.55 bits per heavy atom. The van der Waals surface area contributed by atoms with E-state index in [9.17, 15) is 9.90 Å². The Balaban J connectivity index is 2.80. The summed E-state index contributed by atoms with van der Waals surface area (Å²) in [5.41, 5.74) is 0.555. The van der Waals surface area contributed by atoms with E-state index >= 15 is 0 Å². The Kier molecular flexibility index (Phi) is 6.27. The molecular formula is C14H21NO5. The number of aliphatic hydroxyl groups excluding tert-OH is 1. The van der Waals surface area contributed by atoms with Crippen LogP contribution in [0.15, 0.2) is 18.2 Å². The van der Waals surface area contributed by atoms with Crippen LogP contribution in [-0.2, 0) is 4.79 Å². The van der Waals surface area contributed by atoms with E-state index in [1.807, 2.05) is 0 Å². The molecule has 0 saturated carbocycles. The highest BCUT2D eigenvalue weighted by Crippen LogP contribution is 2.29. The van der Waals surface area contributed by atoms with E-state index in [-0.39, 0.29) is 6.54 Å². The van der Waals surface area contributed by atoms with Crippen molar-refractivity contribution in [1.29, 1.82) is 0 Å². The molecule has 6 nitrogen and oxygen atoms in total. The Morgan fingerprint density at radius 2 is 2.05 bits per heavy atom. The van der Waals surface area contributed by atoms with Crippen molar-refractivity contribution < 1.29 is 24.5 Å². The number of benzene rings is 1. The van der Waals surface area contributed by atoms with Gasteiger partial charge in [0.25, 0.3) is 0 Å². The number of nitrogens with one attached hydrogen (secondary N) is 1. The van der Waals surface area contributed by atoms with Crippen LogP contribution in [0, 0.1) is 0 Å². The monoisotopic (exact) mass is 283 g/mol. The molecule has 112 valence electrons. The van der Waals surface area contributed by atoms with Crippen LogP contribution in [0.5, 0.6) is 11.5 Å². The molecule has 0 amide bonds. The van der Waals surface area contributed by atoms with Crippen molar-refractivity contribution in [1.82, 2.24) is 5.32 Å². The van der Waals surface area contributed by atoms with Gasteiger partial charge >= 0.3 is 5.97 Å². The second-order valence-electron chi connectivity index (χ2n) is 4.33. The molecule has 0 bridgehead atoms. The Hall–Kier alpha value is -1.79. The van der Waals surface area contributed by atoms with Gasteiger partial charge in [0.05, 0.1) is 20.3 Å². The number of rotatable bonds is 8. The van der Waals surface area contributed by atoms with Crippen LogP contribution >= 0.6 is 0 Å². The summed E-state index contributed by atoms with van der Waals surface area (Å²) in [6.45, 7) is 1.89. The van der Waals surface area contributed by atoms with Crippen molar-refractivity contribution in [2.75, 3.05) is 20.8 Å². The molecule has 0 aliphatic rings. The molecule has 0 radical (unpaired) electrons. The van der Waals surface area contributed by atoms with Gasteiger partial charge in [-0.3, -0.25) is 4.79 Å². The SMILES string of the molecule is CCC(NCC(O)c1cc(OC)ccc1OC)C(=O)O. The van der Waals surface area contributed by atoms with Crippen LogP contribution in [0.4, 0.5) is 0 Å². The minimum atomic E-state index is -0.933. The molecule has 0 saturated heterocycles. The fourth-order valence-corrected chi connectivity index (χ4v) is 1.87. The summed E-state index contributed by atoms with van der Waals surface area (Å²) in [5.74, 6) is 0.200. The molecule has 0 heterocycles. The van der Waals surface area contributed by atoms with Gasteiger partial charge in [-0.05, 0) is 24.6 Å². The van der Waals surface area contributed by atoms with Crippen molar-refractivity contribution in [3.8, 4) is 11.5 Å². The fraction of sp³-hybridized carbons (Fsp3) is 0.500. The molecule has 0 aliphatic carbocycles. The average molecular weight is 283 g/mol. The van der Waals surface area contributed by atoms with Gasteiger partial charge in [0.15, 0.2) is 0 Å². The zero-order chi connectivity index (χ0) is 15.1. The van der Waals surface area contributed by atoms with Gasteiger partial charge in [0.2, 0.25) is 0 Å². The van der Waals surface area contributed by atoms with Gasteiger partial charge in [-0.1, -0.05) is 6.92 Å². The molecule has 0 aromatic heterocycles. The third-order valence-electron chi connectivity index (χ3n) is 3.06. The lowest BCUT2D eigenvalue weighted by atomic mass is 10.1. The maximum absolute atomic E-state index is 10.9. The Labute approximate surface area is 118 Å². The average Bonchev–Trinajstić information content (AvgIpc) is 2.46. The molecular weight excluding hydrogens is 262 g/mol. The van der Waals surface area contributed by atoms with Gasteiger partial charge in [0.1, 0.15) is 17.5 Å². The number of ether oxygens (including phenoxy) is 2. The first-order valence-corrected chi connectivity index (χ1v) is 6.39. The summed E-state index contributed by atoms with van der Waals surface area (Å²) >= 11 is 0. The van der Waals surface area contributed by atoms with E-state index in [2.05, 4.69) is 5.32 Å². The van der Waals surface area contributed by atoms with E-state index in [1.54, 1.807) is 25.1 Å². The van der Waals surface area contributed by atoms with E-state index in [1.165, 1.54) is 14.2 Å². The fourth-order valence-electron chi connectivity index (χ4n) is 1.87. The Bertz CT molecular complexity index is 449. The highest BCUT2D eigenvalue weighted by Gasteiger charge is 2.19. The van der Waals surface area contributed by atoms with Crippen LogP contribution in [-0.4, -0.2) is 43.0 Å². The van der Waals surface area contributed by atoms with E-state index in [0.717, 1.165) is 0 Å². The molecule has 1 aromatic rings. The molecule has 2 atom stereocenters. The highest BCUT2D eigenvalue weighted by molar-refractivity contribution is 5.73. The molecule has 6 heteroatoms. The second kappa shape index (κ2) is 7.72. The van der Waals surface area contributed by atoms with Crippen molar-refractivity contribution >= 4 is 5.97 Å². The normalized spacial score (nSPS) is 13.6. The predicted molar refractivity (Wildman–Crippen MR) is 74.2 cm³/mol. The van der Waals surface area contributed by atoms with Gasteiger partial charge in [0, 0.05) is 12.1 Å². The maximum atomic E-state index is 10.9. The molecule has 1 aromatic carbocycles. The number of carboxylic acids is 1. The van der Waals surface area contributed by atoms with E-state index in [0.29, 0.717) is 23.5 Å². The third-order valence-corrected chi connectivity index (χ3v) is 3.06. The molecule has 2 unspecified atom stereocenters. The molecule has 0 spiro atoms. The number of carbonyl (C=O) groups is 1. The Morgan fingerprint density at radius 1 is 1.35 bits per heavy atom. The minimum absolute atomic E-state index is 0.119. The summed E-state index contributed by atoms with van der Waals surface area (Å²) < 4.78 is 10.3. The number of aliphatic carboxylic acids is 1. The lowest BCUT2D eigenvalue weighted by Gasteiger charge is -2.19. The van der Waals surface area contributed by atoms with Crippen molar-refractivity contribution in [3.63, 3.8) is 0 Å². The minimum Gasteiger partial charge on any atom is -0.497 e. The standard InChI is InChI=1S/C14H21NO5/c1-4-11(14(17)18)15-8-12(16)10-7-9(19-2)5-6-13(10)20-3/h5-7,11-12,15-16H,4,8H2,1-3H3,(H,17,18).